The fourth-order valence-corrected chi connectivity index (χ4v) is 7.68. The van der Waals surface area contributed by atoms with E-state index in [1.807, 2.05) is 103 Å². The molecule has 218 valence electrons. The molecule has 5 nitrogen and oxygen atoms in total. The van der Waals surface area contributed by atoms with Gasteiger partial charge < -0.3 is 15.2 Å². The van der Waals surface area contributed by atoms with Crippen LogP contribution in [-0.2, 0) is 22.6 Å². The van der Waals surface area contributed by atoms with Crippen LogP contribution in [0.1, 0.15) is 34.7 Å². The Morgan fingerprint density at radius 1 is 1.02 bits per heavy atom. The van der Waals surface area contributed by atoms with Gasteiger partial charge in [0.25, 0.3) is 0 Å². The Hall–Kier alpha value is -3.52. The summed E-state index contributed by atoms with van der Waals surface area (Å²) in [4.78, 5) is 34.8. The smallest absolute Gasteiger partial charge is 0.239 e. The number of nitrogens with zero attached hydrogens (tertiary/aromatic N) is 1. The summed E-state index contributed by atoms with van der Waals surface area (Å²) in [6.07, 6.45) is 2.70. The first-order valence-electron chi connectivity index (χ1n) is 14.2. The second-order valence-electron chi connectivity index (χ2n) is 11.0. The van der Waals surface area contributed by atoms with Gasteiger partial charge in [0, 0.05) is 50.1 Å². The van der Waals surface area contributed by atoms with E-state index in [4.69, 9.17) is 11.6 Å². The fraction of sp³-hybridized carbons (Fsp3) is 0.200. The molecule has 2 atom stereocenters. The van der Waals surface area contributed by atoms with E-state index in [-0.39, 0.29) is 18.2 Å². The van der Waals surface area contributed by atoms with E-state index in [0.717, 1.165) is 42.5 Å². The number of likely N-dealkylation sites (tertiary alicyclic amines) is 1. The maximum absolute atomic E-state index is 14.6. The Bertz CT molecular complexity index is 1760. The maximum atomic E-state index is 14.6. The van der Waals surface area contributed by atoms with Gasteiger partial charge >= 0.3 is 0 Å². The van der Waals surface area contributed by atoms with Gasteiger partial charge in [-0.3, -0.25) is 9.59 Å². The van der Waals surface area contributed by atoms with Crippen molar-refractivity contribution < 1.29 is 9.59 Å². The molecule has 1 aliphatic heterocycles. The van der Waals surface area contributed by atoms with Crippen molar-refractivity contribution in [3.8, 4) is 0 Å². The van der Waals surface area contributed by atoms with Crippen molar-refractivity contribution in [2.24, 2.45) is 0 Å². The molecule has 2 heterocycles. The van der Waals surface area contributed by atoms with Gasteiger partial charge in [0.1, 0.15) is 4.75 Å². The number of nitrogens with one attached hydrogen (secondary N) is 2. The first kappa shape index (κ1) is 29.5. The van der Waals surface area contributed by atoms with Crippen LogP contribution in [0.25, 0.3) is 10.9 Å². The molecule has 2 N–H and O–H groups in total. The third-order valence-electron chi connectivity index (χ3n) is 7.97. The number of aryl methyl sites for hydroxylation is 1. The number of halogens is 2. The van der Waals surface area contributed by atoms with Crippen molar-refractivity contribution in [2.75, 3.05) is 6.54 Å². The van der Waals surface area contributed by atoms with Gasteiger partial charge in [0.2, 0.25) is 11.8 Å². The number of carbonyl (C=O) groups excluding carboxylic acids is 2. The number of amides is 2. The molecule has 6 rings (SSSR count). The van der Waals surface area contributed by atoms with Crippen LogP contribution in [0.2, 0.25) is 5.02 Å². The molecule has 43 heavy (non-hydrogen) atoms. The number of H-pyrrole nitrogens is 1. The standard InChI is InChI=1S/C35H31BrClN3O2S/c1-23-7-14-28(15-8-23)43-35(34(42)38-18-17-24-5-3-2-4-6-24)20-32(41)40(22-25-9-11-26(36)12-10-25)33(35)30-21-39-31-19-27(37)13-16-29(30)31/h2-16,19,21,33,39H,17-18,20,22H2,1H3,(H,38,42)/t33-,35-/m0/s1. The number of benzene rings is 4. The molecule has 0 bridgehead atoms. The summed E-state index contributed by atoms with van der Waals surface area (Å²) in [5, 5.41) is 4.79. The Kier molecular flexibility index (Phi) is 8.66. The highest BCUT2D eigenvalue weighted by molar-refractivity contribution is 9.10. The lowest BCUT2D eigenvalue weighted by atomic mass is 9.91. The summed E-state index contributed by atoms with van der Waals surface area (Å²) in [5.41, 5.74) is 5.03. The van der Waals surface area contributed by atoms with Crippen LogP contribution >= 0.6 is 39.3 Å². The van der Waals surface area contributed by atoms with Gasteiger partial charge in [0.15, 0.2) is 0 Å². The minimum atomic E-state index is -1.12. The molecule has 1 aromatic heterocycles. The fourth-order valence-electron chi connectivity index (χ4n) is 5.82. The Morgan fingerprint density at radius 2 is 1.77 bits per heavy atom. The van der Waals surface area contributed by atoms with Gasteiger partial charge in [-0.1, -0.05) is 93.8 Å². The number of rotatable bonds is 9. The van der Waals surface area contributed by atoms with E-state index in [1.165, 1.54) is 11.8 Å². The number of fused-ring (bicyclic) bond motifs is 1. The lowest BCUT2D eigenvalue weighted by Crippen LogP contribution is -2.48. The minimum Gasteiger partial charge on any atom is -0.361 e. The average molecular weight is 673 g/mol. The second kappa shape index (κ2) is 12.6. The number of carbonyl (C=O) groups is 2. The summed E-state index contributed by atoms with van der Waals surface area (Å²) in [5.74, 6) is -0.206. The third-order valence-corrected chi connectivity index (χ3v) is 10.2. The Balaban J connectivity index is 1.45. The first-order chi connectivity index (χ1) is 20.8. The number of thioether (sulfide) groups is 1. The summed E-state index contributed by atoms with van der Waals surface area (Å²) in [7, 11) is 0. The predicted octanol–water partition coefficient (Wildman–Crippen LogP) is 8.26. The molecule has 4 aromatic carbocycles. The van der Waals surface area contributed by atoms with Gasteiger partial charge in [-0.25, -0.2) is 0 Å². The van der Waals surface area contributed by atoms with Crippen LogP contribution in [0.4, 0.5) is 0 Å². The minimum absolute atomic E-state index is 0.0611. The van der Waals surface area contributed by atoms with Gasteiger partial charge in [-0.15, -0.1) is 11.8 Å². The maximum Gasteiger partial charge on any atom is 0.239 e. The molecule has 0 unspecified atom stereocenters. The molecular weight excluding hydrogens is 642 g/mol. The highest BCUT2D eigenvalue weighted by Crippen LogP contribution is 2.54. The van der Waals surface area contributed by atoms with Crippen molar-refractivity contribution in [1.82, 2.24) is 15.2 Å². The number of hydrogen-bond donors (Lipinski definition) is 2. The average Bonchev–Trinajstić information content (AvgIpc) is 3.53. The van der Waals surface area contributed by atoms with Crippen LogP contribution in [-0.4, -0.2) is 33.0 Å². The van der Waals surface area contributed by atoms with Crippen LogP contribution in [0, 0.1) is 6.92 Å². The summed E-state index contributed by atoms with van der Waals surface area (Å²) < 4.78 is -0.149. The van der Waals surface area contributed by atoms with Crippen molar-refractivity contribution in [3.05, 3.63) is 135 Å². The zero-order valence-electron chi connectivity index (χ0n) is 23.6. The van der Waals surface area contributed by atoms with E-state index >= 15 is 0 Å². The summed E-state index contributed by atoms with van der Waals surface area (Å²) in [6.45, 7) is 2.89. The number of aromatic amines is 1. The molecule has 8 heteroatoms. The van der Waals surface area contributed by atoms with Gasteiger partial charge in [-0.2, -0.15) is 0 Å². The first-order valence-corrected chi connectivity index (χ1v) is 16.2. The monoisotopic (exact) mass is 671 g/mol. The van der Waals surface area contributed by atoms with Crippen molar-refractivity contribution in [2.45, 2.75) is 42.0 Å². The van der Waals surface area contributed by atoms with Crippen LogP contribution in [0.15, 0.2) is 113 Å². The number of aromatic nitrogens is 1. The zero-order chi connectivity index (χ0) is 30.0. The Morgan fingerprint density at radius 3 is 2.51 bits per heavy atom. The van der Waals surface area contributed by atoms with Gasteiger partial charge in [0.05, 0.1) is 12.5 Å². The van der Waals surface area contributed by atoms with Crippen LogP contribution < -0.4 is 5.32 Å². The normalized spacial score (nSPS) is 18.3. The second-order valence-corrected chi connectivity index (χ2v) is 13.7. The third kappa shape index (κ3) is 6.26. The van der Waals surface area contributed by atoms with Crippen LogP contribution in [0.3, 0.4) is 0 Å². The molecule has 0 spiro atoms. The van der Waals surface area contributed by atoms with Crippen LogP contribution in [0.5, 0.6) is 0 Å². The van der Waals surface area contributed by atoms with Crippen molar-refractivity contribution in [3.63, 3.8) is 0 Å². The molecule has 1 fully saturated rings. The Labute approximate surface area is 269 Å². The van der Waals surface area contributed by atoms with E-state index in [0.29, 0.717) is 24.5 Å². The lowest BCUT2D eigenvalue weighted by molar-refractivity contribution is -0.129. The summed E-state index contributed by atoms with van der Waals surface area (Å²) in [6, 6.07) is 31.4. The highest BCUT2D eigenvalue weighted by atomic mass is 79.9. The lowest BCUT2D eigenvalue weighted by Gasteiger charge is -2.36. The molecule has 2 amide bonds. The molecular formula is C35H31BrClN3O2S. The van der Waals surface area contributed by atoms with E-state index < -0.39 is 10.8 Å². The summed E-state index contributed by atoms with van der Waals surface area (Å²) >= 11 is 11.3. The SMILES string of the molecule is Cc1ccc(S[C@@]2(C(=O)NCCc3ccccc3)CC(=O)N(Cc3ccc(Br)cc3)[C@H]2c2c[nH]c3cc(Cl)ccc23)cc1. The molecule has 5 aromatic rings. The van der Waals surface area contributed by atoms with E-state index in [1.54, 1.807) is 0 Å². The molecule has 0 radical (unpaired) electrons. The van der Waals surface area contributed by atoms with E-state index in [9.17, 15) is 9.59 Å². The highest BCUT2D eigenvalue weighted by Gasteiger charge is 2.58. The van der Waals surface area contributed by atoms with Gasteiger partial charge in [-0.05, 0) is 60.9 Å². The predicted molar refractivity (Wildman–Crippen MR) is 178 cm³/mol. The molecule has 0 aliphatic carbocycles. The zero-order valence-corrected chi connectivity index (χ0v) is 26.8. The van der Waals surface area contributed by atoms with Crippen molar-refractivity contribution >= 4 is 62.0 Å². The molecule has 1 aliphatic rings. The quantitative estimate of drug-likeness (QED) is 0.166. The molecule has 0 saturated carbocycles. The van der Waals surface area contributed by atoms with Crippen molar-refractivity contribution in [1.29, 1.82) is 0 Å². The molecule has 1 saturated heterocycles. The number of hydrogen-bond acceptors (Lipinski definition) is 3. The topological polar surface area (TPSA) is 65.2 Å². The van der Waals surface area contributed by atoms with E-state index in [2.05, 4.69) is 38.4 Å². The largest absolute Gasteiger partial charge is 0.361 e.